The molecular weight excluding hydrogens is 267 g/mol. The van der Waals surface area contributed by atoms with Crippen LogP contribution < -0.4 is 4.90 Å². The summed E-state index contributed by atoms with van der Waals surface area (Å²) >= 11 is 0. The second kappa shape index (κ2) is 6.67. The van der Waals surface area contributed by atoms with Gasteiger partial charge in [-0.2, -0.15) is 5.26 Å². The molecule has 0 fully saturated rings. The van der Waals surface area contributed by atoms with E-state index in [9.17, 15) is 9.18 Å². The number of amides is 1. The Morgan fingerprint density at radius 1 is 1.24 bits per heavy atom. The zero-order valence-corrected chi connectivity index (χ0v) is 11.7. The molecule has 0 aliphatic carbocycles. The fraction of sp³-hybridized carbons (Fsp3) is 0.176. The predicted octanol–water partition coefficient (Wildman–Crippen LogP) is 3.69. The third-order valence-corrected chi connectivity index (χ3v) is 3.18. The second-order valence-corrected chi connectivity index (χ2v) is 4.66. The Balaban J connectivity index is 2.34. The zero-order chi connectivity index (χ0) is 15.2. The lowest BCUT2D eigenvalue weighted by atomic mass is 10.1. The molecule has 106 valence electrons. The number of hydrogen-bond donors (Lipinski definition) is 0. The van der Waals surface area contributed by atoms with Crippen molar-refractivity contribution in [3.05, 3.63) is 65.5 Å². The van der Waals surface area contributed by atoms with Crippen LogP contribution in [0.1, 0.15) is 22.3 Å². The molecule has 0 spiro atoms. The van der Waals surface area contributed by atoms with Crippen molar-refractivity contribution >= 4 is 11.6 Å². The molecule has 0 N–H and O–H groups in total. The molecule has 0 saturated carbocycles. The Morgan fingerprint density at radius 2 is 1.95 bits per heavy atom. The number of anilines is 1. The Labute approximate surface area is 123 Å². The molecule has 0 aromatic heterocycles. The number of para-hydroxylation sites is 1. The SMILES string of the molecule is Cc1ccc(C(=O)N(CCC#N)c2ccccc2)cc1F. The van der Waals surface area contributed by atoms with Crippen molar-refractivity contribution < 1.29 is 9.18 Å². The Kier molecular flexibility index (Phi) is 4.68. The molecule has 21 heavy (non-hydrogen) atoms. The van der Waals surface area contributed by atoms with Crippen LogP contribution in [0.2, 0.25) is 0 Å². The minimum atomic E-state index is -0.408. The maximum absolute atomic E-state index is 13.6. The van der Waals surface area contributed by atoms with Crippen LogP contribution in [0.25, 0.3) is 0 Å². The molecule has 0 unspecified atom stereocenters. The molecule has 0 saturated heterocycles. The summed E-state index contributed by atoms with van der Waals surface area (Å²) in [6.07, 6.45) is 0.217. The number of hydrogen-bond acceptors (Lipinski definition) is 2. The normalized spacial score (nSPS) is 9.95. The van der Waals surface area contributed by atoms with Gasteiger partial charge in [0.15, 0.2) is 0 Å². The third kappa shape index (κ3) is 3.46. The first kappa shape index (κ1) is 14.7. The van der Waals surface area contributed by atoms with E-state index < -0.39 is 5.82 Å². The van der Waals surface area contributed by atoms with E-state index in [1.165, 1.54) is 11.0 Å². The van der Waals surface area contributed by atoms with Gasteiger partial charge in [0.2, 0.25) is 0 Å². The van der Waals surface area contributed by atoms with Crippen molar-refractivity contribution in [3.8, 4) is 6.07 Å². The van der Waals surface area contributed by atoms with Gasteiger partial charge in [0.1, 0.15) is 5.82 Å². The first-order chi connectivity index (χ1) is 10.1. The van der Waals surface area contributed by atoms with Gasteiger partial charge in [-0.05, 0) is 36.8 Å². The summed E-state index contributed by atoms with van der Waals surface area (Å²) < 4.78 is 13.6. The first-order valence-electron chi connectivity index (χ1n) is 6.63. The molecule has 1 amide bonds. The number of nitrogens with zero attached hydrogens (tertiary/aromatic N) is 2. The lowest BCUT2D eigenvalue weighted by molar-refractivity contribution is 0.0987. The molecule has 0 aliphatic rings. The molecular formula is C17H15FN2O. The maximum Gasteiger partial charge on any atom is 0.258 e. The van der Waals surface area contributed by atoms with Crippen LogP contribution >= 0.6 is 0 Å². The van der Waals surface area contributed by atoms with Crippen molar-refractivity contribution in [1.82, 2.24) is 0 Å². The molecule has 3 nitrogen and oxygen atoms in total. The van der Waals surface area contributed by atoms with Crippen LogP contribution in [0.4, 0.5) is 10.1 Å². The Hall–Kier alpha value is -2.67. The summed E-state index contributed by atoms with van der Waals surface area (Å²) in [6.45, 7) is 1.92. The molecule has 4 heteroatoms. The molecule has 0 atom stereocenters. The fourth-order valence-corrected chi connectivity index (χ4v) is 2.00. The predicted molar refractivity (Wildman–Crippen MR) is 79.5 cm³/mol. The lowest BCUT2D eigenvalue weighted by Crippen LogP contribution is -2.31. The molecule has 2 rings (SSSR count). The molecule has 2 aromatic rings. The highest BCUT2D eigenvalue weighted by Gasteiger charge is 2.18. The number of nitriles is 1. The van der Waals surface area contributed by atoms with Crippen LogP contribution in [0, 0.1) is 24.1 Å². The number of halogens is 1. The van der Waals surface area contributed by atoms with Crippen LogP contribution in [0.3, 0.4) is 0 Å². The Bertz CT molecular complexity index is 677. The van der Waals surface area contributed by atoms with Gasteiger partial charge in [-0.1, -0.05) is 24.3 Å². The van der Waals surface area contributed by atoms with Crippen molar-refractivity contribution in [1.29, 1.82) is 5.26 Å². The third-order valence-electron chi connectivity index (χ3n) is 3.18. The fourth-order valence-electron chi connectivity index (χ4n) is 2.00. The van der Waals surface area contributed by atoms with Crippen molar-refractivity contribution in [3.63, 3.8) is 0 Å². The van der Waals surface area contributed by atoms with E-state index in [1.54, 1.807) is 31.2 Å². The van der Waals surface area contributed by atoms with Crippen LogP contribution in [0.5, 0.6) is 0 Å². The van der Waals surface area contributed by atoms with E-state index in [0.717, 1.165) is 0 Å². The summed E-state index contributed by atoms with van der Waals surface area (Å²) in [5.74, 6) is -0.718. The number of rotatable bonds is 4. The van der Waals surface area contributed by atoms with Crippen LogP contribution in [-0.2, 0) is 0 Å². The molecule has 0 bridgehead atoms. The van der Waals surface area contributed by atoms with Gasteiger partial charge < -0.3 is 4.90 Å². The maximum atomic E-state index is 13.6. The Morgan fingerprint density at radius 3 is 2.57 bits per heavy atom. The van der Waals surface area contributed by atoms with Crippen molar-refractivity contribution in [2.24, 2.45) is 0 Å². The molecule has 0 heterocycles. The number of benzene rings is 2. The van der Waals surface area contributed by atoms with Gasteiger partial charge >= 0.3 is 0 Å². The van der Waals surface area contributed by atoms with Crippen LogP contribution in [-0.4, -0.2) is 12.5 Å². The standard InChI is InChI=1S/C17H15FN2O/c1-13-8-9-14(12-16(13)18)17(21)20(11-5-10-19)15-6-3-2-4-7-15/h2-4,6-9,12H,5,11H2,1H3. The van der Waals surface area contributed by atoms with Gasteiger partial charge in [0.05, 0.1) is 12.5 Å². The highest BCUT2D eigenvalue weighted by Crippen LogP contribution is 2.18. The highest BCUT2D eigenvalue weighted by molar-refractivity contribution is 6.06. The summed E-state index contributed by atoms with van der Waals surface area (Å²) in [6, 6.07) is 15.5. The van der Waals surface area contributed by atoms with Crippen LogP contribution in [0.15, 0.2) is 48.5 Å². The van der Waals surface area contributed by atoms with E-state index in [-0.39, 0.29) is 24.4 Å². The largest absolute Gasteiger partial charge is 0.307 e. The minimum Gasteiger partial charge on any atom is -0.307 e. The van der Waals surface area contributed by atoms with Gasteiger partial charge in [0.25, 0.3) is 5.91 Å². The average Bonchev–Trinajstić information content (AvgIpc) is 2.51. The topological polar surface area (TPSA) is 44.1 Å². The summed E-state index contributed by atoms with van der Waals surface area (Å²) in [4.78, 5) is 14.1. The van der Waals surface area contributed by atoms with E-state index >= 15 is 0 Å². The quantitative estimate of drug-likeness (QED) is 0.858. The molecule has 2 aromatic carbocycles. The average molecular weight is 282 g/mol. The van der Waals surface area contributed by atoms with Crippen molar-refractivity contribution in [2.45, 2.75) is 13.3 Å². The molecule has 0 aliphatic heterocycles. The monoisotopic (exact) mass is 282 g/mol. The summed E-state index contributed by atoms with van der Waals surface area (Å²) in [5, 5.41) is 8.75. The smallest absolute Gasteiger partial charge is 0.258 e. The van der Waals surface area contributed by atoms with Crippen molar-refractivity contribution in [2.75, 3.05) is 11.4 Å². The van der Waals surface area contributed by atoms with E-state index in [1.807, 2.05) is 24.3 Å². The summed E-state index contributed by atoms with van der Waals surface area (Å²) in [5.41, 5.74) is 1.47. The highest BCUT2D eigenvalue weighted by atomic mass is 19.1. The minimum absolute atomic E-state index is 0.217. The number of carbonyl (C=O) groups excluding carboxylic acids is 1. The number of aryl methyl sites for hydroxylation is 1. The molecule has 0 radical (unpaired) electrons. The first-order valence-corrected chi connectivity index (χ1v) is 6.63. The van der Waals surface area contributed by atoms with Gasteiger partial charge in [-0.15, -0.1) is 0 Å². The van der Waals surface area contributed by atoms with Gasteiger partial charge in [0, 0.05) is 17.8 Å². The summed E-state index contributed by atoms with van der Waals surface area (Å²) in [7, 11) is 0. The van der Waals surface area contributed by atoms with E-state index in [2.05, 4.69) is 0 Å². The lowest BCUT2D eigenvalue weighted by Gasteiger charge is -2.22. The van der Waals surface area contributed by atoms with Gasteiger partial charge in [-0.25, -0.2) is 4.39 Å². The zero-order valence-electron chi connectivity index (χ0n) is 11.7. The number of carbonyl (C=O) groups is 1. The van der Waals surface area contributed by atoms with Gasteiger partial charge in [-0.3, -0.25) is 4.79 Å². The van der Waals surface area contributed by atoms with E-state index in [4.69, 9.17) is 5.26 Å². The second-order valence-electron chi connectivity index (χ2n) is 4.66. The van der Waals surface area contributed by atoms with E-state index in [0.29, 0.717) is 11.3 Å².